The molecule has 0 aliphatic carbocycles. The van der Waals surface area contributed by atoms with Crippen molar-refractivity contribution in [3.8, 4) is 5.75 Å². The van der Waals surface area contributed by atoms with E-state index in [1.54, 1.807) is 7.11 Å². The first kappa shape index (κ1) is 12.6. The number of aliphatic hydroxyl groups excluding tert-OH is 1. The molecule has 90 valence electrons. The molecule has 0 amide bonds. The Morgan fingerprint density at radius 1 is 1.50 bits per heavy atom. The minimum absolute atomic E-state index is 0.222. The van der Waals surface area contributed by atoms with Gasteiger partial charge in [0, 0.05) is 12.6 Å². The number of anilines is 2. The molecule has 0 aliphatic rings. The van der Waals surface area contributed by atoms with Gasteiger partial charge >= 0.3 is 0 Å². The number of hydrogen-bond donors (Lipinski definition) is 3. The molecular weight excluding hydrogens is 204 g/mol. The molecule has 0 saturated heterocycles. The van der Waals surface area contributed by atoms with Crippen LogP contribution in [0.1, 0.15) is 19.8 Å². The zero-order valence-electron chi connectivity index (χ0n) is 9.86. The highest BCUT2D eigenvalue weighted by molar-refractivity contribution is 5.73. The number of ether oxygens (including phenoxy) is 1. The van der Waals surface area contributed by atoms with Gasteiger partial charge in [0.25, 0.3) is 0 Å². The van der Waals surface area contributed by atoms with Crippen LogP contribution in [0.15, 0.2) is 18.2 Å². The van der Waals surface area contributed by atoms with Gasteiger partial charge in [-0.2, -0.15) is 0 Å². The molecule has 4 heteroatoms. The van der Waals surface area contributed by atoms with Crippen molar-refractivity contribution >= 4 is 11.4 Å². The molecule has 1 unspecified atom stereocenters. The molecule has 1 rings (SSSR count). The van der Waals surface area contributed by atoms with E-state index in [0.717, 1.165) is 18.5 Å². The Labute approximate surface area is 96.4 Å². The van der Waals surface area contributed by atoms with Crippen molar-refractivity contribution < 1.29 is 9.84 Å². The summed E-state index contributed by atoms with van der Waals surface area (Å²) in [6.45, 7) is 2.29. The van der Waals surface area contributed by atoms with Gasteiger partial charge in [0.05, 0.1) is 18.5 Å². The molecule has 0 spiro atoms. The molecule has 4 N–H and O–H groups in total. The van der Waals surface area contributed by atoms with E-state index in [0.29, 0.717) is 11.4 Å². The minimum atomic E-state index is 0.222. The van der Waals surface area contributed by atoms with Crippen LogP contribution in [0.25, 0.3) is 0 Å². The van der Waals surface area contributed by atoms with Crippen LogP contribution in [0.2, 0.25) is 0 Å². The standard InChI is InChI=1S/C12H20N2O2/c1-9(5-4-8-15)14-10-6-3-7-11(16-2)12(10)13/h3,6-7,9,14-15H,4-5,8,13H2,1-2H3. The number of benzene rings is 1. The third kappa shape index (κ3) is 3.31. The smallest absolute Gasteiger partial charge is 0.143 e. The summed E-state index contributed by atoms with van der Waals surface area (Å²) in [6, 6.07) is 5.93. The van der Waals surface area contributed by atoms with Crippen LogP contribution < -0.4 is 15.8 Å². The molecule has 4 nitrogen and oxygen atoms in total. The summed E-state index contributed by atoms with van der Waals surface area (Å²) in [5, 5.41) is 12.0. The molecule has 1 aromatic rings. The van der Waals surface area contributed by atoms with E-state index in [4.69, 9.17) is 15.6 Å². The highest BCUT2D eigenvalue weighted by Gasteiger charge is 2.07. The SMILES string of the molecule is COc1cccc(NC(C)CCCO)c1N. The summed E-state index contributed by atoms with van der Waals surface area (Å²) >= 11 is 0. The molecule has 0 heterocycles. The van der Waals surface area contributed by atoms with E-state index in [1.807, 2.05) is 18.2 Å². The van der Waals surface area contributed by atoms with Crippen LogP contribution in [-0.2, 0) is 0 Å². The second kappa shape index (κ2) is 6.23. The average Bonchev–Trinajstić information content (AvgIpc) is 2.29. The third-order valence-corrected chi connectivity index (χ3v) is 2.48. The Hall–Kier alpha value is -1.42. The zero-order valence-corrected chi connectivity index (χ0v) is 9.86. The fourth-order valence-corrected chi connectivity index (χ4v) is 1.58. The first-order valence-electron chi connectivity index (χ1n) is 5.49. The highest BCUT2D eigenvalue weighted by atomic mass is 16.5. The van der Waals surface area contributed by atoms with Gasteiger partial charge in [-0.1, -0.05) is 6.07 Å². The molecule has 0 aliphatic heterocycles. The predicted octanol–water partition coefficient (Wildman–Crippen LogP) is 1.85. The summed E-state index contributed by atoms with van der Waals surface area (Å²) in [4.78, 5) is 0. The Morgan fingerprint density at radius 3 is 2.88 bits per heavy atom. The van der Waals surface area contributed by atoms with Gasteiger partial charge in [-0.25, -0.2) is 0 Å². The van der Waals surface area contributed by atoms with Gasteiger partial charge in [-0.15, -0.1) is 0 Å². The quantitative estimate of drug-likeness (QED) is 0.645. The maximum atomic E-state index is 8.75. The second-order valence-corrected chi connectivity index (χ2v) is 3.83. The van der Waals surface area contributed by atoms with Crippen LogP contribution in [0.5, 0.6) is 5.75 Å². The number of para-hydroxylation sites is 1. The van der Waals surface area contributed by atoms with Crippen molar-refractivity contribution in [1.29, 1.82) is 0 Å². The van der Waals surface area contributed by atoms with Crippen LogP contribution in [0.4, 0.5) is 11.4 Å². The van der Waals surface area contributed by atoms with Crippen LogP contribution in [0.3, 0.4) is 0 Å². The lowest BCUT2D eigenvalue weighted by Crippen LogP contribution is -2.16. The highest BCUT2D eigenvalue weighted by Crippen LogP contribution is 2.29. The topological polar surface area (TPSA) is 67.5 Å². The van der Waals surface area contributed by atoms with Crippen molar-refractivity contribution in [2.45, 2.75) is 25.8 Å². The number of methoxy groups -OCH3 is 1. The predicted molar refractivity (Wildman–Crippen MR) is 66.8 cm³/mol. The zero-order chi connectivity index (χ0) is 12.0. The lowest BCUT2D eigenvalue weighted by atomic mass is 10.1. The van der Waals surface area contributed by atoms with Crippen molar-refractivity contribution in [3.05, 3.63) is 18.2 Å². The molecule has 16 heavy (non-hydrogen) atoms. The lowest BCUT2D eigenvalue weighted by Gasteiger charge is -2.17. The number of aliphatic hydroxyl groups is 1. The van der Waals surface area contributed by atoms with E-state index in [1.165, 1.54) is 0 Å². The number of hydrogen-bond acceptors (Lipinski definition) is 4. The van der Waals surface area contributed by atoms with Gasteiger partial charge in [-0.05, 0) is 31.9 Å². The van der Waals surface area contributed by atoms with E-state index in [9.17, 15) is 0 Å². The average molecular weight is 224 g/mol. The molecule has 0 aromatic heterocycles. The van der Waals surface area contributed by atoms with Gasteiger partial charge in [0.15, 0.2) is 0 Å². The van der Waals surface area contributed by atoms with Gasteiger partial charge in [0.2, 0.25) is 0 Å². The molecule has 0 fully saturated rings. The van der Waals surface area contributed by atoms with Crippen LogP contribution in [-0.4, -0.2) is 24.9 Å². The Balaban J connectivity index is 2.66. The first-order chi connectivity index (χ1) is 7.69. The van der Waals surface area contributed by atoms with Crippen molar-refractivity contribution in [1.82, 2.24) is 0 Å². The monoisotopic (exact) mass is 224 g/mol. The number of nitrogens with two attached hydrogens (primary N) is 1. The van der Waals surface area contributed by atoms with Gasteiger partial charge in [-0.3, -0.25) is 0 Å². The van der Waals surface area contributed by atoms with Gasteiger partial charge in [0.1, 0.15) is 5.75 Å². The molecular formula is C12H20N2O2. The first-order valence-corrected chi connectivity index (χ1v) is 5.49. The number of nitrogens with one attached hydrogen (secondary N) is 1. The summed E-state index contributed by atoms with van der Waals surface area (Å²) < 4.78 is 5.14. The van der Waals surface area contributed by atoms with Crippen molar-refractivity contribution in [3.63, 3.8) is 0 Å². The molecule has 0 bridgehead atoms. The van der Waals surface area contributed by atoms with Crippen LogP contribution in [0, 0.1) is 0 Å². The summed E-state index contributed by atoms with van der Waals surface area (Å²) in [5.74, 6) is 0.680. The maximum absolute atomic E-state index is 8.75. The molecule has 0 saturated carbocycles. The number of nitrogen functional groups attached to an aromatic ring is 1. The fourth-order valence-electron chi connectivity index (χ4n) is 1.58. The normalized spacial score (nSPS) is 12.2. The maximum Gasteiger partial charge on any atom is 0.143 e. The summed E-state index contributed by atoms with van der Waals surface area (Å²) in [6.07, 6.45) is 1.70. The third-order valence-electron chi connectivity index (χ3n) is 2.48. The fraction of sp³-hybridized carbons (Fsp3) is 0.500. The largest absolute Gasteiger partial charge is 0.495 e. The molecule has 0 radical (unpaired) electrons. The van der Waals surface area contributed by atoms with E-state index >= 15 is 0 Å². The van der Waals surface area contributed by atoms with E-state index in [2.05, 4.69) is 12.2 Å². The van der Waals surface area contributed by atoms with Crippen LogP contribution >= 0.6 is 0 Å². The molecule has 1 aromatic carbocycles. The van der Waals surface area contributed by atoms with E-state index in [-0.39, 0.29) is 12.6 Å². The van der Waals surface area contributed by atoms with Crippen molar-refractivity contribution in [2.75, 3.05) is 24.8 Å². The minimum Gasteiger partial charge on any atom is -0.495 e. The summed E-state index contributed by atoms with van der Waals surface area (Å²) in [7, 11) is 1.60. The Morgan fingerprint density at radius 2 is 2.25 bits per heavy atom. The Bertz CT molecular complexity index is 329. The van der Waals surface area contributed by atoms with Crippen molar-refractivity contribution in [2.24, 2.45) is 0 Å². The Kier molecular flexibility index (Phi) is 4.92. The second-order valence-electron chi connectivity index (χ2n) is 3.83. The number of rotatable bonds is 6. The van der Waals surface area contributed by atoms with E-state index < -0.39 is 0 Å². The lowest BCUT2D eigenvalue weighted by molar-refractivity contribution is 0.282. The summed E-state index contributed by atoms with van der Waals surface area (Å²) in [5.41, 5.74) is 7.44. The molecule has 1 atom stereocenters. The van der Waals surface area contributed by atoms with Gasteiger partial charge < -0.3 is 20.9 Å².